The first-order valence-corrected chi connectivity index (χ1v) is 20.5. The minimum atomic E-state index is -2.06. The topological polar surface area (TPSA) is 223 Å². The van der Waals surface area contributed by atoms with Crippen LogP contribution in [0.3, 0.4) is 0 Å². The molecule has 10 unspecified atom stereocenters. The van der Waals surface area contributed by atoms with Crippen LogP contribution in [0.1, 0.15) is 109 Å². The van der Waals surface area contributed by atoms with Crippen molar-refractivity contribution in [3.63, 3.8) is 0 Å². The fraction of sp³-hybridized carbons (Fsp3) is 0.556. The quantitative estimate of drug-likeness (QED) is 0.0372. The van der Waals surface area contributed by atoms with Gasteiger partial charge in [-0.1, -0.05) is 70.8 Å². The van der Waals surface area contributed by atoms with Crippen LogP contribution in [0.2, 0.25) is 0 Å². The smallest absolute Gasteiger partial charge is 0.312 e. The van der Waals surface area contributed by atoms with E-state index in [9.17, 15) is 39.9 Å². The highest BCUT2D eigenvalue weighted by molar-refractivity contribution is 6.23. The average Bonchev–Trinajstić information content (AvgIpc) is 3.47. The highest BCUT2D eigenvalue weighted by Gasteiger charge is 2.50. The molecule has 0 aliphatic carbocycles. The average molecular weight is 839 g/mol. The van der Waals surface area contributed by atoms with E-state index in [4.69, 9.17) is 23.8 Å². The molecule has 15 nitrogen and oxygen atoms in total. The third-order valence-corrected chi connectivity index (χ3v) is 11.7. The number of aliphatic hydroxyl groups excluding tert-OH is 2. The molecule has 15 heteroatoms. The number of amides is 1. The number of nitrogens with one attached hydrogen (secondary N) is 1. The molecule has 0 saturated heterocycles. The number of anilines is 1. The van der Waals surface area contributed by atoms with Crippen LogP contribution in [0.25, 0.3) is 10.8 Å². The third kappa shape index (κ3) is 9.90. The van der Waals surface area contributed by atoms with Gasteiger partial charge < -0.3 is 54.6 Å². The van der Waals surface area contributed by atoms with Crippen LogP contribution in [0.15, 0.2) is 41.3 Å². The standard InChI is InChI=1S/C45H62N2O13/c1-12-13-14-18-24(4)60-46-21-30-35-40(53)33-32(39(30)52)34-42(28(8)38(33)51)59-45(10,43(34)54)57-20-19-31(56-11)25(5)41(58-29(9)48)27(7)37(50)26(6)36(49)22(2)16-15-17-23(3)44(55)47-35/h15-17,19-22,24-27,31,36-37,41,49-53H,12-14,18H2,1-11H3,(H,47,55)/b16-15+,20-19+,23-17-,46-21+. The lowest BCUT2D eigenvalue weighted by molar-refractivity contribution is -0.160. The van der Waals surface area contributed by atoms with Crippen molar-refractivity contribution >= 4 is 40.3 Å². The second-order valence-electron chi connectivity index (χ2n) is 16.3. The first-order chi connectivity index (χ1) is 28.2. The number of hydrogen-bond donors (Lipinski definition) is 6. The molecule has 5 bridgehead atoms. The van der Waals surface area contributed by atoms with Crippen LogP contribution in [-0.2, 0) is 28.6 Å². The Labute approximate surface area is 351 Å². The zero-order chi connectivity index (χ0) is 44.8. The number of aromatic hydroxyl groups is 3. The number of phenols is 3. The zero-order valence-corrected chi connectivity index (χ0v) is 36.4. The second-order valence-corrected chi connectivity index (χ2v) is 16.3. The Morgan fingerprint density at radius 3 is 2.30 bits per heavy atom. The van der Waals surface area contributed by atoms with Crippen LogP contribution in [0, 0.1) is 30.6 Å². The number of fused-ring (bicyclic) bond motifs is 14. The molecule has 0 spiro atoms. The van der Waals surface area contributed by atoms with E-state index in [0.717, 1.165) is 25.5 Å². The van der Waals surface area contributed by atoms with Crippen molar-refractivity contribution < 1.29 is 63.7 Å². The molecular weight excluding hydrogens is 776 g/mol. The molecule has 330 valence electrons. The first kappa shape index (κ1) is 47.6. The molecule has 1 amide bonds. The predicted molar refractivity (Wildman–Crippen MR) is 226 cm³/mol. The summed E-state index contributed by atoms with van der Waals surface area (Å²) in [5.41, 5.74) is -0.565. The number of carbonyl (C=O) groups excluding carboxylic acids is 3. The Kier molecular flexibility index (Phi) is 15.8. The number of carbonyl (C=O) groups is 3. The Hall–Kier alpha value is -5.12. The summed E-state index contributed by atoms with van der Waals surface area (Å²) in [6.45, 7) is 16.4. The minimum absolute atomic E-state index is 0.0391. The molecule has 2 aromatic rings. The van der Waals surface area contributed by atoms with Gasteiger partial charge in [-0.3, -0.25) is 14.4 Å². The van der Waals surface area contributed by atoms with Gasteiger partial charge in [0, 0.05) is 61.2 Å². The number of oxime groups is 1. The third-order valence-electron chi connectivity index (χ3n) is 11.7. The van der Waals surface area contributed by atoms with Crippen LogP contribution in [-0.4, -0.2) is 92.8 Å². The zero-order valence-electron chi connectivity index (χ0n) is 36.4. The summed E-state index contributed by atoms with van der Waals surface area (Å²) in [7, 11) is 1.43. The number of aliphatic hydroxyl groups is 2. The van der Waals surface area contributed by atoms with Crippen molar-refractivity contribution in [1.29, 1.82) is 0 Å². The van der Waals surface area contributed by atoms with E-state index in [2.05, 4.69) is 17.4 Å². The van der Waals surface area contributed by atoms with Gasteiger partial charge in [-0.05, 0) is 39.7 Å². The molecule has 3 aliphatic heterocycles. The number of benzene rings is 2. The highest BCUT2D eigenvalue weighted by atomic mass is 16.7. The fourth-order valence-electron chi connectivity index (χ4n) is 7.79. The summed E-state index contributed by atoms with van der Waals surface area (Å²) in [4.78, 5) is 46.1. The lowest BCUT2D eigenvalue weighted by Gasteiger charge is -2.38. The summed E-state index contributed by atoms with van der Waals surface area (Å²) in [5, 5.41) is 64.4. The summed E-state index contributed by atoms with van der Waals surface area (Å²) in [6.07, 6.45) is 7.90. The number of methoxy groups -OCH3 is 1. The van der Waals surface area contributed by atoms with Crippen molar-refractivity contribution in [2.24, 2.45) is 28.8 Å². The van der Waals surface area contributed by atoms with Crippen LogP contribution < -0.4 is 10.1 Å². The van der Waals surface area contributed by atoms with Gasteiger partial charge in [-0.25, -0.2) is 0 Å². The van der Waals surface area contributed by atoms with Crippen molar-refractivity contribution in [3.05, 3.63) is 52.8 Å². The first-order valence-electron chi connectivity index (χ1n) is 20.5. The Morgan fingerprint density at radius 1 is 0.983 bits per heavy atom. The maximum Gasteiger partial charge on any atom is 0.312 e. The minimum Gasteiger partial charge on any atom is -0.507 e. The van der Waals surface area contributed by atoms with E-state index in [-0.39, 0.29) is 50.6 Å². The molecule has 3 heterocycles. The van der Waals surface area contributed by atoms with Gasteiger partial charge in [0.1, 0.15) is 29.5 Å². The number of nitrogens with zero attached hydrogens (tertiary/aromatic N) is 1. The van der Waals surface area contributed by atoms with E-state index in [0.29, 0.717) is 6.42 Å². The molecule has 2 aromatic carbocycles. The molecule has 0 radical (unpaired) electrons. The highest BCUT2D eigenvalue weighted by Crippen LogP contribution is 2.55. The van der Waals surface area contributed by atoms with Gasteiger partial charge in [0.2, 0.25) is 0 Å². The molecule has 3 aliphatic rings. The number of ketones is 1. The molecule has 0 aromatic heterocycles. The number of rotatable bonds is 9. The number of esters is 1. The molecule has 60 heavy (non-hydrogen) atoms. The largest absolute Gasteiger partial charge is 0.507 e. The lowest BCUT2D eigenvalue weighted by Crippen LogP contribution is -2.46. The summed E-state index contributed by atoms with van der Waals surface area (Å²) in [5.74, 6) is -8.58. The van der Waals surface area contributed by atoms with E-state index >= 15 is 0 Å². The maximum atomic E-state index is 14.4. The number of hydrogen-bond acceptors (Lipinski definition) is 14. The van der Waals surface area contributed by atoms with Crippen molar-refractivity contribution in [1.82, 2.24) is 0 Å². The molecule has 0 fully saturated rings. The SMILES string of the molecule is CCCCCC(C)O/N=C/c1c2c(O)c3c(O)c(C)c4c(c3c1O)C(=O)C(C)(O/C=C/C(OC)C(C)C(OC(C)=O)C(C)C(O)C(C)C(O)C(C)/C=C/C=C(/C)C(=O)N2)O4. The fourth-order valence-corrected chi connectivity index (χ4v) is 7.79. The number of Topliss-reactive ketones (excluding diaryl/α,β-unsaturated/α-hetero) is 1. The summed E-state index contributed by atoms with van der Waals surface area (Å²) < 4.78 is 23.6. The second kappa shape index (κ2) is 20.0. The summed E-state index contributed by atoms with van der Waals surface area (Å²) >= 11 is 0. The molecule has 5 rings (SSSR count). The monoisotopic (exact) mass is 838 g/mol. The van der Waals surface area contributed by atoms with E-state index in [1.807, 2.05) is 6.92 Å². The number of allylic oxidation sites excluding steroid dienone is 2. The van der Waals surface area contributed by atoms with E-state index < -0.39 is 88.8 Å². The summed E-state index contributed by atoms with van der Waals surface area (Å²) in [6, 6.07) is 0. The predicted octanol–water partition coefficient (Wildman–Crippen LogP) is 7.07. The number of unbranched alkanes of at least 4 members (excludes halogenated alkanes) is 2. The van der Waals surface area contributed by atoms with Crippen LogP contribution >= 0.6 is 0 Å². The van der Waals surface area contributed by atoms with Crippen LogP contribution in [0.5, 0.6) is 23.0 Å². The van der Waals surface area contributed by atoms with Crippen molar-refractivity contribution in [2.75, 3.05) is 12.4 Å². The number of ether oxygens (including phenoxy) is 4. The maximum absolute atomic E-state index is 14.4. The van der Waals surface area contributed by atoms with Crippen molar-refractivity contribution in [3.8, 4) is 23.0 Å². The molecule has 6 N–H and O–H groups in total. The van der Waals surface area contributed by atoms with Gasteiger partial charge >= 0.3 is 11.8 Å². The number of phenolic OH excluding ortho intramolecular Hbond substituents is 3. The van der Waals surface area contributed by atoms with E-state index in [1.54, 1.807) is 39.8 Å². The van der Waals surface area contributed by atoms with Crippen molar-refractivity contribution in [2.45, 2.75) is 131 Å². The van der Waals surface area contributed by atoms with Gasteiger partial charge in [0.25, 0.3) is 11.7 Å². The van der Waals surface area contributed by atoms with Gasteiger partial charge in [0.05, 0.1) is 53.0 Å². The normalized spacial score (nSPS) is 30.3. The van der Waals surface area contributed by atoms with E-state index in [1.165, 1.54) is 53.2 Å². The lowest BCUT2D eigenvalue weighted by atomic mass is 9.78. The molecular formula is C45H62N2O13. The van der Waals surface area contributed by atoms with Crippen LogP contribution in [0.4, 0.5) is 5.69 Å². The van der Waals surface area contributed by atoms with Gasteiger partial charge in [-0.2, -0.15) is 0 Å². The molecule has 0 saturated carbocycles. The van der Waals surface area contributed by atoms with Gasteiger partial charge in [0.15, 0.2) is 5.75 Å². The Balaban J connectivity index is 1.95. The van der Waals surface area contributed by atoms with Gasteiger partial charge in [-0.15, -0.1) is 0 Å². The molecule has 10 atom stereocenters. The Bertz CT molecular complexity index is 2040. The Morgan fingerprint density at radius 2 is 1.67 bits per heavy atom.